The van der Waals surface area contributed by atoms with Crippen molar-refractivity contribution in [2.45, 2.75) is 0 Å². The van der Waals surface area contributed by atoms with Crippen molar-refractivity contribution >= 4 is 66.3 Å². The molecule has 0 amide bonds. The maximum atomic E-state index is 15.2. The van der Waals surface area contributed by atoms with Gasteiger partial charge in [-0.15, -0.1) is 0 Å². The Hall–Kier alpha value is -5.82. The Bertz CT molecular complexity index is 2660. The maximum absolute atomic E-state index is 15.2. The predicted octanol–water partition coefficient (Wildman–Crippen LogP) is 10.7. The second-order valence-electron chi connectivity index (χ2n) is 12.2. The molecule has 226 valence electrons. The van der Waals surface area contributed by atoms with Gasteiger partial charge in [-0.2, -0.15) is 0 Å². The Morgan fingerprint density at radius 1 is 0.354 bits per heavy atom. The zero-order valence-electron chi connectivity index (χ0n) is 26.1. The summed E-state index contributed by atoms with van der Waals surface area (Å²) < 4.78 is 15.2. The Kier molecular flexibility index (Phi) is 6.78. The van der Waals surface area contributed by atoms with Gasteiger partial charge in [0.05, 0.1) is 11.2 Å². The summed E-state index contributed by atoms with van der Waals surface area (Å²) in [6, 6.07) is 62.4. The molecule has 48 heavy (non-hydrogen) atoms. The van der Waals surface area contributed by atoms with Gasteiger partial charge in [0.2, 0.25) is 0 Å². The Morgan fingerprint density at radius 3 is 1.46 bits per heavy atom. The van der Waals surface area contributed by atoms with Crippen molar-refractivity contribution in [2.24, 2.45) is 0 Å². The summed E-state index contributed by atoms with van der Waals surface area (Å²) in [5.74, 6) is 0. The Morgan fingerprint density at radius 2 is 0.812 bits per heavy atom. The van der Waals surface area contributed by atoms with Gasteiger partial charge < -0.3 is 4.57 Å². The lowest BCUT2D eigenvalue weighted by Crippen LogP contribution is -2.25. The van der Waals surface area contributed by atoms with Crippen LogP contribution in [0.15, 0.2) is 182 Å². The number of hydrogen-bond donors (Lipinski definition) is 0. The van der Waals surface area contributed by atoms with Gasteiger partial charge in [0, 0.05) is 37.6 Å². The average molecular weight is 632 g/mol. The number of nitrogens with zero attached hydrogens (tertiary/aromatic N) is 1. The van der Waals surface area contributed by atoms with Gasteiger partial charge in [0.25, 0.3) is 0 Å². The zero-order chi connectivity index (χ0) is 32.1. The van der Waals surface area contributed by atoms with Crippen molar-refractivity contribution in [3.05, 3.63) is 182 Å². The second-order valence-corrected chi connectivity index (χ2v) is 15.0. The van der Waals surface area contributed by atoms with E-state index in [0.717, 1.165) is 54.6 Å². The first-order valence-electron chi connectivity index (χ1n) is 16.2. The van der Waals surface area contributed by atoms with Gasteiger partial charge in [-0.05, 0) is 50.9 Å². The molecule has 0 radical (unpaired) electrons. The molecule has 0 aliphatic heterocycles. The molecule has 8 aromatic carbocycles. The van der Waals surface area contributed by atoms with E-state index in [4.69, 9.17) is 4.98 Å². The predicted molar refractivity (Wildman–Crippen MR) is 205 cm³/mol. The normalized spacial score (nSPS) is 11.8. The number of para-hydroxylation sites is 1. The first kappa shape index (κ1) is 28.4. The van der Waals surface area contributed by atoms with E-state index >= 15 is 4.57 Å². The van der Waals surface area contributed by atoms with Crippen LogP contribution in [0.1, 0.15) is 0 Å². The van der Waals surface area contributed by atoms with Crippen LogP contribution in [0.25, 0.3) is 65.6 Å². The smallest absolute Gasteiger partial charge is 0.171 e. The van der Waals surface area contributed by atoms with Crippen molar-refractivity contribution in [1.29, 1.82) is 0 Å². The molecule has 0 spiro atoms. The lowest BCUT2D eigenvalue weighted by Gasteiger charge is -2.21. The first-order valence-corrected chi connectivity index (χ1v) is 18.0. The van der Waals surface area contributed by atoms with E-state index in [0.29, 0.717) is 0 Å². The zero-order valence-corrected chi connectivity index (χ0v) is 27.0. The Labute approximate surface area is 279 Å². The van der Waals surface area contributed by atoms with Crippen LogP contribution in [-0.4, -0.2) is 4.98 Å². The van der Waals surface area contributed by atoms with E-state index < -0.39 is 7.14 Å². The summed E-state index contributed by atoms with van der Waals surface area (Å²) in [5.41, 5.74) is 5.04. The number of pyridine rings is 1. The van der Waals surface area contributed by atoms with Gasteiger partial charge in [0.15, 0.2) is 7.14 Å². The molecule has 2 nitrogen and oxygen atoms in total. The standard InChI is InChI=1S/C45H30NOP/c47-48(34-18-3-1-4-19-34,35-20-5-2-6-21-35)36-22-14-16-32(30-36)31-15-13-17-33(29-31)45-44-40-26-10-8-24-38(40)37-23-7-9-25-39(37)43(44)41-27-11-12-28-42(41)46-45/h1-30H. The van der Waals surface area contributed by atoms with Crippen LogP contribution in [-0.2, 0) is 4.57 Å². The third-order valence-corrected chi connectivity index (χ3v) is 12.6. The largest absolute Gasteiger partial charge is 0.309 e. The molecule has 9 aromatic rings. The van der Waals surface area contributed by atoms with Crippen LogP contribution in [0, 0.1) is 0 Å². The third kappa shape index (κ3) is 4.49. The fourth-order valence-corrected chi connectivity index (χ4v) is 9.98. The summed E-state index contributed by atoms with van der Waals surface area (Å²) in [5, 5.41) is 10.9. The lowest BCUT2D eigenvalue weighted by atomic mass is 9.89. The van der Waals surface area contributed by atoms with Gasteiger partial charge >= 0.3 is 0 Å². The number of fused-ring (bicyclic) bond motifs is 8. The minimum absolute atomic E-state index is 0.814. The second kappa shape index (κ2) is 11.5. The highest BCUT2D eigenvalue weighted by atomic mass is 31.2. The summed E-state index contributed by atoms with van der Waals surface area (Å²) in [4.78, 5) is 5.36. The molecule has 3 heteroatoms. The van der Waals surface area contributed by atoms with E-state index in [9.17, 15) is 0 Å². The van der Waals surface area contributed by atoms with Gasteiger partial charge in [-0.1, -0.05) is 164 Å². The van der Waals surface area contributed by atoms with Crippen LogP contribution in [0.4, 0.5) is 0 Å². The molecule has 0 fully saturated rings. The van der Waals surface area contributed by atoms with Crippen molar-refractivity contribution in [2.75, 3.05) is 0 Å². The van der Waals surface area contributed by atoms with Crippen LogP contribution in [0.2, 0.25) is 0 Å². The van der Waals surface area contributed by atoms with Crippen LogP contribution in [0.3, 0.4) is 0 Å². The summed E-state index contributed by atoms with van der Waals surface area (Å²) in [6.07, 6.45) is 0. The minimum Gasteiger partial charge on any atom is -0.309 e. The number of benzene rings is 8. The van der Waals surface area contributed by atoms with Gasteiger partial charge in [-0.3, -0.25) is 0 Å². The molecule has 0 saturated heterocycles. The molecule has 0 N–H and O–H groups in total. The van der Waals surface area contributed by atoms with E-state index in [1.807, 2.05) is 72.8 Å². The molecular formula is C45H30NOP. The molecule has 0 atom stereocenters. The molecule has 0 unspecified atom stereocenters. The molecule has 1 heterocycles. The fraction of sp³-hybridized carbons (Fsp3) is 0. The highest BCUT2D eigenvalue weighted by Gasteiger charge is 2.29. The van der Waals surface area contributed by atoms with Crippen molar-refractivity contribution in [1.82, 2.24) is 4.98 Å². The fourth-order valence-electron chi connectivity index (χ4n) is 7.29. The van der Waals surface area contributed by atoms with E-state index in [-0.39, 0.29) is 0 Å². The van der Waals surface area contributed by atoms with E-state index in [1.165, 1.54) is 26.9 Å². The third-order valence-electron chi connectivity index (χ3n) is 9.49. The van der Waals surface area contributed by atoms with E-state index in [2.05, 4.69) is 109 Å². The molecule has 0 bridgehead atoms. The number of rotatable bonds is 5. The molecule has 0 aliphatic carbocycles. The van der Waals surface area contributed by atoms with Crippen molar-refractivity contribution in [3.63, 3.8) is 0 Å². The van der Waals surface area contributed by atoms with Gasteiger partial charge in [-0.25, -0.2) is 4.98 Å². The topological polar surface area (TPSA) is 30.0 Å². The highest BCUT2D eigenvalue weighted by Crippen LogP contribution is 2.45. The highest BCUT2D eigenvalue weighted by molar-refractivity contribution is 7.85. The number of aromatic nitrogens is 1. The van der Waals surface area contributed by atoms with Crippen LogP contribution in [0.5, 0.6) is 0 Å². The monoisotopic (exact) mass is 631 g/mol. The van der Waals surface area contributed by atoms with Crippen molar-refractivity contribution in [3.8, 4) is 22.4 Å². The summed E-state index contributed by atoms with van der Waals surface area (Å²) >= 11 is 0. The maximum Gasteiger partial charge on any atom is 0.171 e. The quantitative estimate of drug-likeness (QED) is 0.140. The summed E-state index contributed by atoms with van der Waals surface area (Å²) in [7, 11) is -3.12. The summed E-state index contributed by atoms with van der Waals surface area (Å²) in [6.45, 7) is 0. The first-order chi connectivity index (χ1) is 23.7. The molecule has 9 rings (SSSR count). The van der Waals surface area contributed by atoms with Crippen molar-refractivity contribution < 1.29 is 4.57 Å². The van der Waals surface area contributed by atoms with E-state index in [1.54, 1.807) is 0 Å². The average Bonchev–Trinajstić information content (AvgIpc) is 3.18. The SMILES string of the molecule is O=P(c1ccccc1)(c1ccccc1)c1cccc(-c2cccc(-c3nc4ccccc4c4c5ccccc5c5ccccc5c34)c2)c1. The number of hydrogen-bond acceptors (Lipinski definition) is 2. The van der Waals surface area contributed by atoms with Crippen LogP contribution >= 0.6 is 7.14 Å². The molecule has 0 saturated carbocycles. The van der Waals surface area contributed by atoms with Gasteiger partial charge in [0.1, 0.15) is 0 Å². The molecule has 0 aliphatic rings. The minimum atomic E-state index is -3.12. The lowest BCUT2D eigenvalue weighted by molar-refractivity contribution is 0.592. The van der Waals surface area contributed by atoms with Crippen LogP contribution < -0.4 is 15.9 Å². The molecular weight excluding hydrogens is 601 g/mol. The Balaban J connectivity index is 1.28. The molecule has 1 aromatic heterocycles.